The number of sulfone groups is 1. The van der Waals surface area contributed by atoms with E-state index in [1.165, 1.54) is 11.8 Å². The van der Waals surface area contributed by atoms with Crippen LogP contribution in [0.3, 0.4) is 0 Å². The van der Waals surface area contributed by atoms with Crippen LogP contribution < -0.4 is 10.6 Å². The minimum absolute atomic E-state index is 0.0669. The van der Waals surface area contributed by atoms with E-state index < -0.39 is 14.6 Å². The van der Waals surface area contributed by atoms with Gasteiger partial charge in [-0.05, 0) is 44.3 Å². The molecule has 2 aliphatic rings. The second-order valence-corrected chi connectivity index (χ2v) is 9.88. The summed E-state index contributed by atoms with van der Waals surface area (Å²) in [5.74, 6) is -0.321. The van der Waals surface area contributed by atoms with Gasteiger partial charge in [0.25, 0.3) is 0 Å². The zero-order valence-electron chi connectivity index (χ0n) is 14.9. The Kier molecular flexibility index (Phi) is 5.21. The van der Waals surface area contributed by atoms with E-state index in [-0.39, 0.29) is 11.3 Å². The molecule has 5 nitrogen and oxygen atoms in total. The van der Waals surface area contributed by atoms with Gasteiger partial charge in [-0.25, -0.2) is 8.42 Å². The Morgan fingerprint density at radius 2 is 1.68 bits per heavy atom. The third-order valence-corrected chi connectivity index (χ3v) is 8.08. The molecule has 6 heteroatoms. The van der Waals surface area contributed by atoms with Crippen molar-refractivity contribution in [3.05, 3.63) is 35.9 Å². The Hall–Kier alpha value is -1.40. The van der Waals surface area contributed by atoms with Crippen LogP contribution in [0.1, 0.15) is 44.1 Å². The second kappa shape index (κ2) is 7.08. The lowest BCUT2D eigenvalue weighted by molar-refractivity contribution is -0.124. The van der Waals surface area contributed by atoms with Gasteiger partial charge in [0, 0.05) is 18.2 Å². The Morgan fingerprint density at radius 1 is 1.08 bits per heavy atom. The van der Waals surface area contributed by atoms with Crippen molar-refractivity contribution < 1.29 is 13.2 Å². The number of hydrogen-bond donors (Lipinski definition) is 2. The summed E-state index contributed by atoms with van der Waals surface area (Å²) in [6.07, 6.45) is 6.24. The number of amides is 1. The summed E-state index contributed by atoms with van der Waals surface area (Å²) in [6.45, 7) is 1.63. The molecule has 2 N–H and O–H groups in total. The highest BCUT2D eigenvalue weighted by molar-refractivity contribution is 7.92. The highest BCUT2D eigenvalue weighted by atomic mass is 32.2. The van der Waals surface area contributed by atoms with Crippen molar-refractivity contribution in [3.63, 3.8) is 0 Å². The average Bonchev–Trinajstić information content (AvgIpc) is 3.10. The van der Waals surface area contributed by atoms with Crippen LogP contribution in [0.15, 0.2) is 30.3 Å². The molecule has 1 aromatic carbocycles. The molecule has 25 heavy (non-hydrogen) atoms. The zero-order chi connectivity index (χ0) is 18.0. The maximum Gasteiger partial charge on any atom is 0.241 e. The van der Waals surface area contributed by atoms with Gasteiger partial charge in [0.15, 0.2) is 14.6 Å². The number of hydrogen-bond acceptors (Lipinski definition) is 4. The van der Waals surface area contributed by atoms with Gasteiger partial charge in [-0.2, -0.15) is 0 Å². The van der Waals surface area contributed by atoms with E-state index >= 15 is 0 Å². The van der Waals surface area contributed by atoms with E-state index in [1.54, 1.807) is 0 Å². The molecule has 1 amide bonds. The topological polar surface area (TPSA) is 75.3 Å². The average molecular weight is 365 g/mol. The number of rotatable bonds is 5. The Balaban J connectivity index is 1.80. The fourth-order valence-electron chi connectivity index (χ4n) is 4.42. The van der Waals surface area contributed by atoms with Crippen LogP contribution in [-0.4, -0.2) is 45.0 Å². The molecule has 2 fully saturated rings. The third-order valence-electron chi connectivity index (χ3n) is 6.07. The normalized spacial score (nSPS) is 22.4. The van der Waals surface area contributed by atoms with E-state index in [2.05, 4.69) is 22.8 Å². The van der Waals surface area contributed by atoms with Gasteiger partial charge in [0.2, 0.25) is 5.91 Å². The van der Waals surface area contributed by atoms with Crippen LogP contribution in [-0.2, 0) is 20.0 Å². The summed E-state index contributed by atoms with van der Waals surface area (Å²) < 4.78 is 23.5. The smallest absolute Gasteiger partial charge is 0.241 e. The van der Waals surface area contributed by atoms with Crippen molar-refractivity contribution in [2.75, 3.05) is 25.9 Å². The molecule has 1 heterocycles. The number of piperidine rings is 1. The molecule has 0 spiro atoms. The molecule has 1 aliphatic heterocycles. The van der Waals surface area contributed by atoms with Crippen molar-refractivity contribution in [1.82, 2.24) is 10.6 Å². The molecule has 0 radical (unpaired) electrons. The summed E-state index contributed by atoms with van der Waals surface area (Å²) in [5, 5.41) is 6.19. The fraction of sp³-hybridized carbons (Fsp3) is 0.632. The maximum atomic E-state index is 13.0. The SMILES string of the molecule is CS(=O)(=O)C1(C(=O)NCC2(c3ccccc3)CCCC2)CCNCC1. The van der Waals surface area contributed by atoms with Crippen molar-refractivity contribution >= 4 is 15.7 Å². The van der Waals surface area contributed by atoms with Gasteiger partial charge < -0.3 is 10.6 Å². The van der Waals surface area contributed by atoms with Crippen molar-refractivity contribution in [2.24, 2.45) is 0 Å². The molecule has 0 unspecified atom stereocenters. The summed E-state index contributed by atoms with van der Waals surface area (Å²) >= 11 is 0. The number of benzene rings is 1. The van der Waals surface area contributed by atoms with Crippen LogP contribution >= 0.6 is 0 Å². The summed E-state index contributed by atoms with van der Waals surface area (Å²) in [7, 11) is -3.47. The highest BCUT2D eigenvalue weighted by Gasteiger charge is 2.49. The van der Waals surface area contributed by atoms with E-state index in [0.29, 0.717) is 32.5 Å². The molecule has 0 bridgehead atoms. The van der Waals surface area contributed by atoms with E-state index in [1.807, 2.05) is 18.2 Å². The lowest BCUT2D eigenvalue weighted by atomic mass is 9.78. The first kappa shape index (κ1) is 18.4. The standard InChI is InChI=1S/C19H28N2O3S/c1-25(23,24)19(11-13-20-14-12-19)17(22)21-15-18(9-5-6-10-18)16-7-3-2-4-8-16/h2-4,7-8,20H,5-6,9-15H2,1H3,(H,21,22). The third kappa shape index (κ3) is 3.47. The van der Waals surface area contributed by atoms with Gasteiger partial charge in [-0.1, -0.05) is 43.2 Å². The van der Waals surface area contributed by atoms with Crippen LogP contribution in [0, 0.1) is 0 Å². The Labute approximate surface area is 150 Å². The molecular weight excluding hydrogens is 336 g/mol. The van der Waals surface area contributed by atoms with Crippen LogP contribution in [0.25, 0.3) is 0 Å². The number of carbonyl (C=O) groups is 1. The first-order chi connectivity index (χ1) is 11.9. The van der Waals surface area contributed by atoms with Crippen molar-refractivity contribution in [3.8, 4) is 0 Å². The van der Waals surface area contributed by atoms with Gasteiger partial charge in [0.1, 0.15) is 0 Å². The second-order valence-electron chi connectivity index (χ2n) is 7.55. The molecule has 3 rings (SSSR count). The van der Waals surface area contributed by atoms with Gasteiger partial charge in [0.05, 0.1) is 0 Å². The van der Waals surface area contributed by atoms with Crippen molar-refractivity contribution in [2.45, 2.75) is 48.7 Å². The Bertz CT molecular complexity index is 703. The van der Waals surface area contributed by atoms with Crippen LogP contribution in [0.5, 0.6) is 0 Å². The molecular formula is C19H28N2O3S. The van der Waals surface area contributed by atoms with Crippen molar-refractivity contribution in [1.29, 1.82) is 0 Å². The quantitative estimate of drug-likeness (QED) is 0.835. The lowest BCUT2D eigenvalue weighted by Gasteiger charge is -2.36. The molecule has 1 aliphatic carbocycles. The maximum absolute atomic E-state index is 13.0. The van der Waals surface area contributed by atoms with Gasteiger partial charge in [-0.3, -0.25) is 4.79 Å². The first-order valence-electron chi connectivity index (χ1n) is 9.14. The monoisotopic (exact) mass is 364 g/mol. The number of nitrogens with one attached hydrogen (secondary N) is 2. The van der Waals surface area contributed by atoms with E-state index in [4.69, 9.17) is 0 Å². The summed E-state index contributed by atoms with van der Waals surface area (Å²) in [5.41, 5.74) is 1.18. The largest absolute Gasteiger partial charge is 0.354 e. The molecule has 0 aromatic heterocycles. The summed E-state index contributed by atoms with van der Waals surface area (Å²) in [4.78, 5) is 13.0. The van der Waals surface area contributed by atoms with E-state index in [0.717, 1.165) is 25.7 Å². The predicted octanol–water partition coefficient (Wildman–Crippen LogP) is 1.78. The zero-order valence-corrected chi connectivity index (χ0v) is 15.7. The Morgan fingerprint density at radius 3 is 2.24 bits per heavy atom. The number of carbonyl (C=O) groups excluding carboxylic acids is 1. The highest BCUT2D eigenvalue weighted by Crippen LogP contribution is 2.40. The van der Waals surface area contributed by atoms with Gasteiger partial charge >= 0.3 is 0 Å². The molecule has 138 valence electrons. The van der Waals surface area contributed by atoms with E-state index in [9.17, 15) is 13.2 Å². The molecule has 1 aromatic rings. The summed E-state index contributed by atoms with van der Waals surface area (Å²) in [6, 6.07) is 10.3. The minimum atomic E-state index is -3.47. The fourth-order valence-corrected chi connectivity index (χ4v) is 5.77. The minimum Gasteiger partial charge on any atom is -0.354 e. The van der Waals surface area contributed by atoms with Gasteiger partial charge in [-0.15, -0.1) is 0 Å². The predicted molar refractivity (Wildman–Crippen MR) is 99.3 cm³/mol. The first-order valence-corrected chi connectivity index (χ1v) is 11.0. The van der Waals surface area contributed by atoms with Crippen LogP contribution in [0.2, 0.25) is 0 Å². The molecule has 1 saturated heterocycles. The lowest BCUT2D eigenvalue weighted by Crippen LogP contribution is -2.58. The van der Waals surface area contributed by atoms with Crippen LogP contribution in [0.4, 0.5) is 0 Å². The molecule has 0 atom stereocenters. The molecule has 1 saturated carbocycles.